The monoisotopic (exact) mass is 299 g/mol. The SMILES string of the molecule is O=C(Nc1cnc2ccccc2c1)c1ccc2ccccc2n1. The van der Waals surface area contributed by atoms with E-state index in [9.17, 15) is 4.79 Å². The van der Waals surface area contributed by atoms with Crippen molar-refractivity contribution in [1.29, 1.82) is 0 Å². The fraction of sp³-hybridized carbons (Fsp3) is 0. The van der Waals surface area contributed by atoms with E-state index in [0.717, 1.165) is 21.8 Å². The first kappa shape index (κ1) is 13.4. The van der Waals surface area contributed by atoms with E-state index >= 15 is 0 Å². The third kappa shape index (κ3) is 2.62. The summed E-state index contributed by atoms with van der Waals surface area (Å²) < 4.78 is 0. The summed E-state index contributed by atoms with van der Waals surface area (Å²) in [6, 6.07) is 21.0. The number of hydrogen-bond donors (Lipinski definition) is 1. The van der Waals surface area contributed by atoms with Crippen LogP contribution in [0.25, 0.3) is 21.8 Å². The standard InChI is InChI=1S/C19H13N3O/c23-19(18-10-9-13-5-1-4-8-17(13)22-18)21-15-11-14-6-2-3-7-16(14)20-12-15/h1-12H,(H,21,23). The Labute approximate surface area is 132 Å². The van der Waals surface area contributed by atoms with Crippen molar-refractivity contribution in [2.24, 2.45) is 0 Å². The van der Waals surface area contributed by atoms with Gasteiger partial charge in [0.15, 0.2) is 0 Å². The lowest BCUT2D eigenvalue weighted by Crippen LogP contribution is -2.13. The maximum Gasteiger partial charge on any atom is 0.274 e. The lowest BCUT2D eigenvalue weighted by Gasteiger charge is -2.06. The molecular weight excluding hydrogens is 286 g/mol. The number of anilines is 1. The highest BCUT2D eigenvalue weighted by Crippen LogP contribution is 2.17. The first-order chi connectivity index (χ1) is 11.3. The van der Waals surface area contributed by atoms with Gasteiger partial charge in [0.2, 0.25) is 0 Å². The number of carbonyl (C=O) groups excluding carboxylic acids is 1. The summed E-state index contributed by atoms with van der Waals surface area (Å²) in [6.07, 6.45) is 1.65. The Balaban J connectivity index is 1.64. The zero-order valence-electron chi connectivity index (χ0n) is 12.2. The molecule has 0 aliphatic rings. The van der Waals surface area contributed by atoms with Gasteiger partial charge in [-0.25, -0.2) is 4.98 Å². The molecule has 0 unspecified atom stereocenters. The predicted molar refractivity (Wildman–Crippen MR) is 91.4 cm³/mol. The smallest absolute Gasteiger partial charge is 0.274 e. The summed E-state index contributed by atoms with van der Waals surface area (Å²) in [6.45, 7) is 0. The van der Waals surface area contributed by atoms with Gasteiger partial charge in [0.25, 0.3) is 5.91 Å². The van der Waals surface area contributed by atoms with Gasteiger partial charge in [-0.3, -0.25) is 9.78 Å². The largest absolute Gasteiger partial charge is 0.319 e. The fourth-order valence-electron chi connectivity index (χ4n) is 2.53. The number of nitrogens with one attached hydrogen (secondary N) is 1. The first-order valence-corrected chi connectivity index (χ1v) is 7.31. The lowest BCUT2D eigenvalue weighted by molar-refractivity contribution is 0.102. The van der Waals surface area contributed by atoms with Crippen LogP contribution in [0.5, 0.6) is 0 Å². The average molecular weight is 299 g/mol. The summed E-state index contributed by atoms with van der Waals surface area (Å²) in [5.74, 6) is -0.243. The van der Waals surface area contributed by atoms with E-state index in [1.165, 1.54) is 0 Å². The molecule has 0 atom stereocenters. The van der Waals surface area contributed by atoms with Crippen molar-refractivity contribution in [3.05, 3.63) is 78.6 Å². The second kappa shape index (κ2) is 5.50. The molecule has 0 radical (unpaired) electrons. The number of carbonyl (C=O) groups is 1. The van der Waals surface area contributed by atoms with Crippen molar-refractivity contribution >= 4 is 33.4 Å². The van der Waals surface area contributed by atoms with Crippen LogP contribution in [0.2, 0.25) is 0 Å². The highest BCUT2D eigenvalue weighted by molar-refractivity contribution is 6.04. The summed E-state index contributed by atoms with van der Waals surface area (Å²) in [7, 11) is 0. The lowest BCUT2D eigenvalue weighted by atomic mass is 10.2. The molecule has 0 aliphatic carbocycles. The van der Waals surface area contributed by atoms with Crippen LogP contribution in [0, 0.1) is 0 Å². The van der Waals surface area contributed by atoms with Crippen LogP contribution < -0.4 is 5.32 Å². The van der Waals surface area contributed by atoms with Crippen molar-refractivity contribution in [3.8, 4) is 0 Å². The quantitative estimate of drug-likeness (QED) is 0.608. The minimum atomic E-state index is -0.243. The predicted octanol–water partition coefficient (Wildman–Crippen LogP) is 4.04. The fourth-order valence-corrected chi connectivity index (χ4v) is 2.53. The Bertz CT molecular complexity index is 1030. The highest BCUT2D eigenvalue weighted by Gasteiger charge is 2.09. The molecule has 1 N–H and O–H groups in total. The summed E-state index contributed by atoms with van der Waals surface area (Å²) in [5.41, 5.74) is 2.74. The van der Waals surface area contributed by atoms with Gasteiger partial charge in [-0.05, 0) is 24.3 Å². The van der Waals surface area contributed by atoms with Crippen LogP contribution in [0.4, 0.5) is 5.69 Å². The minimum absolute atomic E-state index is 0.243. The van der Waals surface area contributed by atoms with Gasteiger partial charge in [0.05, 0.1) is 22.9 Å². The van der Waals surface area contributed by atoms with Gasteiger partial charge < -0.3 is 5.32 Å². The van der Waals surface area contributed by atoms with Crippen LogP contribution in [-0.4, -0.2) is 15.9 Å². The molecule has 2 aromatic carbocycles. The van der Waals surface area contributed by atoms with Crippen molar-refractivity contribution < 1.29 is 4.79 Å². The van der Waals surface area contributed by atoms with E-state index in [0.29, 0.717) is 11.4 Å². The van der Waals surface area contributed by atoms with Gasteiger partial charge in [-0.15, -0.1) is 0 Å². The molecule has 2 aromatic heterocycles. The summed E-state index contributed by atoms with van der Waals surface area (Å²) in [5, 5.41) is 4.84. The Morgan fingerprint density at radius 3 is 2.43 bits per heavy atom. The van der Waals surface area contributed by atoms with Gasteiger partial charge in [0, 0.05) is 10.8 Å². The zero-order valence-corrected chi connectivity index (χ0v) is 12.2. The van der Waals surface area contributed by atoms with Crippen molar-refractivity contribution in [2.45, 2.75) is 0 Å². The molecule has 2 heterocycles. The topological polar surface area (TPSA) is 54.9 Å². The minimum Gasteiger partial charge on any atom is -0.319 e. The van der Waals surface area contributed by atoms with E-state index in [1.54, 1.807) is 12.3 Å². The number of rotatable bonds is 2. The Morgan fingerprint density at radius 2 is 1.57 bits per heavy atom. The number of nitrogens with zero attached hydrogens (tertiary/aromatic N) is 2. The number of amides is 1. The number of pyridine rings is 2. The Kier molecular flexibility index (Phi) is 3.20. The maximum atomic E-state index is 12.4. The number of para-hydroxylation sites is 2. The van der Waals surface area contributed by atoms with Gasteiger partial charge in [-0.2, -0.15) is 0 Å². The van der Waals surface area contributed by atoms with Crippen molar-refractivity contribution in [3.63, 3.8) is 0 Å². The average Bonchev–Trinajstić information content (AvgIpc) is 2.61. The van der Waals surface area contributed by atoms with Crippen molar-refractivity contribution in [1.82, 2.24) is 9.97 Å². The molecule has 23 heavy (non-hydrogen) atoms. The van der Waals surface area contributed by atoms with Crippen LogP contribution in [0.1, 0.15) is 10.5 Å². The summed E-state index contributed by atoms with van der Waals surface area (Å²) >= 11 is 0. The van der Waals surface area contributed by atoms with Gasteiger partial charge in [-0.1, -0.05) is 42.5 Å². The van der Waals surface area contributed by atoms with E-state index < -0.39 is 0 Å². The van der Waals surface area contributed by atoms with E-state index in [-0.39, 0.29) is 5.91 Å². The van der Waals surface area contributed by atoms with Gasteiger partial charge in [0.1, 0.15) is 5.69 Å². The van der Waals surface area contributed by atoms with E-state index in [1.807, 2.05) is 60.7 Å². The molecule has 0 spiro atoms. The maximum absolute atomic E-state index is 12.4. The highest BCUT2D eigenvalue weighted by atomic mass is 16.1. The molecule has 110 valence electrons. The molecule has 4 rings (SSSR count). The molecule has 4 heteroatoms. The van der Waals surface area contributed by atoms with Crippen LogP contribution >= 0.6 is 0 Å². The molecule has 0 fully saturated rings. The molecule has 0 saturated heterocycles. The third-order valence-electron chi connectivity index (χ3n) is 3.68. The second-order valence-electron chi connectivity index (χ2n) is 5.26. The van der Waals surface area contributed by atoms with Gasteiger partial charge >= 0.3 is 0 Å². The number of hydrogen-bond acceptors (Lipinski definition) is 3. The zero-order chi connectivity index (χ0) is 15.6. The van der Waals surface area contributed by atoms with Crippen LogP contribution in [0.3, 0.4) is 0 Å². The molecule has 0 bridgehead atoms. The molecule has 4 aromatic rings. The molecular formula is C19H13N3O. The van der Waals surface area contributed by atoms with Crippen molar-refractivity contribution in [2.75, 3.05) is 5.32 Å². The number of aromatic nitrogens is 2. The second-order valence-corrected chi connectivity index (χ2v) is 5.26. The normalized spacial score (nSPS) is 10.8. The molecule has 4 nitrogen and oxygen atoms in total. The van der Waals surface area contributed by atoms with E-state index in [2.05, 4.69) is 15.3 Å². The summed E-state index contributed by atoms with van der Waals surface area (Å²) in [4.78, 5) is 21.1. The van der Waals surface area contributed by atoms with Crippen LogP contribution in [-0.2, 0) is 0 Å². The van der Waals surface area contributed by atoms with E-state index in [4.69, 9.17) is 0 Å². The van der Waals surface area contributed by atoms with Crippen LogP contribution in [0.15, 0.2) is 72.9 Å². The molecule has 1 amide bonds. The Hall–Kier alpha value is -3.27. The molecule has 0 aliphatic heterocycles. The first-order valence-electron chi connectivity index (χ1n) is 7.31. The Morgan fingerprint density at radius 1 is 0.826 bits per heavy atom. The number of fused-ring (bicyclic) bond motifs is 2. The number of benzene rings is 2. The third-order valence-corrected chi connectivity index (χ3v) is 3.68. The molecule has 0 saturated carbocycles.